The second-order valence-electron chi connectivity index (χ2n) is 7.46. The summed E-state index contributed by atoms with van der Waals surface area (Å²) >= 11 is 12.0. The van der Waals surface area contributed by atoms with E-state index >= 15 is 0 Å². The van der Waals surface area contributed by atoms with Gasteiger partial charge in [0.1, 0.15) is 17.7 Å². The fourth-order valence-corrected chi connectivity index (χ4v) is 3.77. The fraction of sp³-hybridized carbons (Fsp3) is 0.125. The first-order valence-electron chi connectivity index (χ1n) is 10.1. The van der Waals surface area contributed by atoms with Crippen LogP contribution in [0, 0.1) is 11.6 Å². The maximum atomic E-state index is 14.8. The third-order valence-corrected chi connectivity index (χ3v) is 5.67. The maximum Gasteiger partial charge on any atom is 0.321 e. The number of nitrogens with zero attached hydrogens (tertiary/aromatic N) is 2. The standard InChI is InChI=1S/C24H17Cl2F2N3O3/c25-16-5-2-15(19(26)11-16)12-29-21(24(32)33)10-13-1-8-18(20(28)9-13)22-30-23(34-31-22)14-3-6-17(27)7-4-14/h1-9,11,21,29H,10,12H2,(H,32,33). The number of hydrogen-bond donors (Lipinski definition) is 2. The number of carboxylic acids is 1. The molecule has 1 heterocycles. The van der Waals surface area contributed by atoms with Crippen LogP contribution in [0.5, 0.6) is 0 Å². The molecule has 0 bridgehead atoms. The summed E-state index contributed by atoms with van der Waals surface area (Å²) in [7, 11) is 0. The van der Waals surface area contributed by atoms with E-state index in [2.05, 4.69) is 15.5 Å². The Bertz CT molecular complexity index is 1330. The Labute approximate surface area is 203 Å². The van der Waals surface area contributed by atoms with Crippen molar-refractivity contribution in [3.63, 3.8) is 0 Å². The number of aliphatic carboxylic acids is 1. The molecule has 0 spiro atoms. The molecule has 10 heteroatoms. The van der Waals surface area contributed by atoms with Crippen molar-refractivity contribution in [2.75, 3.05) is 0 Å². The molecule has 0 fully saturated rings. The molecule has 34 heavy (non-hydrogen) atoms. The molecule has 0 saturated heterocycles. The van der Waals surface area contributed by atoms with E-state index in [0.717, 1.165) is 0 Å². The van der Waals surface area contributed by atoms with Gasteiger partial charge in [-0.1, -0.05) is 40.5 Å². The Morgan fingerprint density at radius 1 is 1.06 bits per heavy atom. The zero-order valence-corrected chi connectivity index (χ0v) is 18.9. The van der Waals surface area contributed by atoms with Crippen LogP contribution in [0.2, 0.25) is 10.0 Å². The summed E-state index contributed by atoms with van der Waals surface area (Å²) in [5, 5.41) is 17.2. The van der Waals surface area contributed by atoms with Gasteiger partial charge in [-0.25, -0.2) is 8.78 Å². The lowest BCUT2D eigenvalue weighted by molar-refractivity contribution is -0.139. The summed E-state index contributed by atoms with van der Waals surface area (Å²) in [6.07, 6.45) is 0.0326. The molecule has 1 atom stereocenters. The van der Waals surface area contributed by atoms with Gasteiger partial charge in [0.05, 0.1) is 5.56 Å². The average Bonchev–Trinajstić information content (AvgIpc) is 3.28. The highest BCUT2D eigenvalue weighted by molar-refractivity contribution is 6.35. The summed E-state index contributed by atoms with van der Waals surface area (Å²) < 4.78 is 33.1. The second-order valence-corrected chi connectivity index (χ2v) is 8.30. The first-order chi connectivity index (χ1) is 16.3. The highest BCUT2D eigenvalue weighted by Gasteiger charge is 2.20. The third kappa shape index (κ3) is 5.59. The van der Waals surface area contributed by atoms with E-state index in [1.165, 1.54) is 36.4 Å². The molecule has 0 aliphatic heterocycles. The Morgan fingerprint density at radius 3 is 2.50 bits per heavy atom. The number of aromatic nitrogens is 2. The molecular weight excluding hydrogens is 487 g/mol. The van der Waals surface area contributed by atoms with Gasteiger partial charge in [0.2, 0.25) is 5.82 Å². The van der Waals surface area contributed by atoms with Gasteiger partial charge in [-0.2, -0.15) is 4.98 Å². The summed E-state index contributed by atoms with van der Waals surface area (Å²) in [4.78, 5) is 15.9. The zero-order valence-electron chi connectivity index (χ0n) is 17.4. The Morgan fingerprint density at radius 2 is 1.82 bits per heavy atom. The molecule has 174 valence electrons. The van der Waals surface area contributed by atoms with E-state index in [9.17, 15) is 18.7 Å². The maximum absolute atomic E-state index is 14.8. The van der Waals surface area contributed by atoms with Crippen molar-refractivity contribution in [2.24, 2.45) is 0 Å². The number of benzene rings is 3. The fourth-order valence-electron chi connectivity index (χ4n) is 3.29. The smallest absolute Gasteiger partial charge is 0.321 e. The molecule has 0 radical (unpaired) electrons. The van der Waals surface area contributed by atoms with Gasteiger partial charge >= 0.3 is 5.97 Å². The van der Waals surface area contributed by atoms with Crippen LogP contribution in [0.15, 0.2) is 65.2 Å². The van der Waals surface area contributed by atoms with Crippen LogP contribution in [0.3, 0.4) is 0 Å². The Kier molecular flexibility index (Phi) is 7.21. The molecule has 1 unspecified atom stereocenters. The minimum absolute atomic E-state index is 0.0219. The van der Waals surface area contributed by atoms with Gasteiger partial charge in [0.15, 0.2) is 0 Å². The Hall–Kier alpha value is -3.33. The zero-order chi connectivity index (χ0) is 24.2. The molecule has 1 aromatic heterocycles. The number of rotatable bonds is 8. The van der Waals surface area contributed by atoms with Crippen molar-refractivity contribution >= 4 is 29.2 Å². The first-order valence-corrected chi connectivity index (χ1v) is 10.8. The summed E-state index contributed by atoms with van der Waals surface area (Å²) in [5.74, 6) is -1.98. The molecule has 0 aliphatic carbocycles. The topological polar surface area (TPSA) is 88.2 Å². The summed E-state index contributed by atoms with van der Waals surface area (Å²) in [5.41, 5.74) is 1.74. The van der Waals surface area contributed by atoms with Crippen LogP contribution >= 0.6 is 23.2 Å². The van der Waals surface area contributed by atoms with Gasteiger partial charge in [0, 0.05) is 22.2 Å². The van der Waals surface area contributed by atoms with Crippen molar-refractivity contribution in [2.45, 2.75) is 19.0 Å². The highest BCUT2D eigenvalue weighted by atomic mass is 35.5. The number of hydrogen-bond acceptors (Lipinski definition) is 5. The number of halogens is 4. The number of carbonyl (C=O) groups is 1. The van der Waals surface area contributed by atoms with Gasteiger partial charge in [-0.15, -0.1) is 0 Å². The predicted molar refractivity (Wildman–Crippen MR) is 124 cm³/mol. The number of nitrogens with one attached hydrogen (secondary N) is 1. The van der Waals surface area contributed by atoms with E-state index in [-0.39, 0.29) is 30.2 Å². The number of carboxylic acid groups (broad SMARTS) is 1. The van der Waals surface area contributed by atoms with E-state index in [0.29, 0.717) is 26.7 Å². The lowest BCUT2D eigenvalue weighted by atomic mass is 10.0. The summed E-state index contributed by atoms with van der Waals surface area (Å²) in [6.45, 7) is 0.197. The quantitative estimate of drug-likeness (QED) is 0.317. The van der Waals surface area contributed by atoms with Gasteiger partial charge in [0.25, 0.3) is 5.89 Å². The van der Waals surface area contributed by atoms with Crippen LogP contribution in [0.25, 0.3) is 22.8 Å². The van der Waals surface area contributed by atoms with Crippen LogP contribution < -0.4 is 5.32 Å². The lowest BCUT2D eigenvalue weighted by Gasteiger charge is -2.16. The molecule has 0 saturated carbocycles. The molecule has 4 rings (SSSR count). The lowest BCUT2D eigenvalue weighted by Crippen LogP contribution is -2.38. The monoisotopic (exact) mass is 503 g/mol. The van der Waals surface area contributed by atoms with Gasteiger partial charge < -0.3 is 9.63 Å². The first kappa shape index (κ1) is 23.8. The van der Waals surface area contributed by atoms with E-state index in [1.54, 1.807) is 24.3 Å². The molecule has 3 aromatic carbocycles. The molecule has 6 nitrogen and oxygen atoms in total. The van der Waals surface area contributed by atoms with Crippen LogP contribution in [0.4, 0.5) is 8.78 Å². The molecule has 4 aromatic rings. The Balaban J connectivity index is 1.47. The molecule has 0 amide bonds. The molecule has 2 N–H and O–H groups in total. The third-order valence-electron chi connectivity index (χ3n) is 5.08. The van der Waals surface area contributed by atoms with Crippen LogP contribution in [-0.4, -0.2) is 27.3 Å². The second kappa shape index (κ2) is 10.3. The van der Waals surface area contributed by atoms with Crippen molar-refractivity contribution < 1.29 is 23.2 Å². The largest absolute Gasteiger partial charge is 0.480 e. The van der Waals surface area contributed by atoms with E-state index < -0.39 is 23.6 Å². The highest BCUT2D eigenvalue weighted by Crippen LogP contribution is 2.26. The van der Waals surface area contributed by atoms with Crippen molar-refractivity contribution in [1.29, 1.82) is 0 Å². The van der Waals surface area contributed by atoms with Crippen molar-refractivity contribution in [3.05, 3.63) is 93.5 Å². The average molecular weight is 504 g/mol. The summed E-state index contributed by atoms with van der Waals surface area (Å²) in [6, 6.07) is 13.7. The predicted octanol–water partition coefficient (Wildman–Crippen LogP) is 5.77. The van der Waals surface area contributed by atoms with Gasteiger partial charge in [-0.05, 0) is 66.1 Å². The van der Waals surface area contributed by atoms with E-state index in [1.807, 2.05) is 0 Å². The normalized spacial score (nSPS) is 12.0. The van der Waals surface area contributed by atoms with Gasteiger partial charge in [-0.3, -0.25) is 10.1 Å². The van der Waals surface area contributed by atoms with E-state index in [4.69, 9.17) is 27.7 Å². The van der Waals surface area contributed by atoms with Crippen LogP contribution in [0.1, 0.15) is 11.1 Å². The minimum Gasteiger partial charge on any atom is -0.480 e. The molecular formula is C24H17Cl2F2N3O3. The van der Waals surface area contributed by atoms with Crippen LogP contribution in [-0.2, 0) is 17.8 Å². The van der Waals surface area contributed by atoms with Crippen molar-refractivity contribution in [1.82, 2.24) is 15.5 Å². The molecule has 0 aliphatic rings. The SMILES string of the molecule is O=C(O)C(Cc1ccc(-c2noc(-c3ccc(F)cc3)n2)c(F)c1)NCc1ccc(Cl)cc1Cl. The van der Waals surface area contributed by atoms with Crippen molar-refractivity contribution in [3.8, 4) is 22.8 Å². The minimum atomic E-state index is -1.09.